The third-order valence-electron chi connectivity index (χ3n) is 2.93. The molecule has 0 aliphatic carbocycles. The molecule has 18 heavy (non-hydrogen) atoms. The van der Waals surface area contributed by atoms with Crippen molar-refractivity contribution in [2.45, 2.75) is 12.8 Å². The number of hydrogen-bond acceptors (Lipinski definition) is 3. The van der Waals surface area contributed by atoms with Gasteiger partial charge in [0.25, 0.3) is 0 Å². The van der Waals surface area contributed by atoms with Gasteiger partial charge in [0, 0.05) is 12.6 Å². The first-order valence-corrected chi connectivity index (χ1v) is 6.12. The second kappa shape index (κ2) is 5.69. The highest BCUT2D eigenvalue weighted by Gasteiger charge is 2.07. The van der Waals surface area contributed by atoms with Gasteiger partial charge in [-0.15, -0.1) is 0 Å². The average molecular weight is 245 g/mol. The summed E-state index contributed by atoms with van der Waals surface area (Å²) in [6.07, 6.45) is 1.89. The summed E-state index contributed by atoms with van der Waals surface area (Å²) >= 11 is 0. The SMILES string of the molecule is COc1cccc(-c2cc(CCCN)nn2C)c1. The molecule has 1 aromatic carbocycles. The Kier molecular flexibility index (Phi) is 3.99. The lowest BCUT2D eigenvalue weighted by molar-refractivity contribution is 0.415. The zero-order chi connectivity index (χ0) is 13.0. The van der Waals surface area contributed by atoms with E-state index in [1.807, 2.05) is 29.9 Å². The molecule has 0 amide bonds. The minimum atomic E-state index is 0.699. The van der Waals surface area contributed by atoms with Gasteiger partial charge in [-0.3, -0.25) is 4.68 Å². The van der Waals surface area contributed by atoms with Crippen LogP contribution in [0, 0.1) is 0 Å². The van der Waals surface area contributed by atoms with E-state index >= 15 is 0 Å². The average Bonchev–Trinajstić information content (AvgIpc) is 2.77. The van der Waals surface area contributed by atoms with Gasteiger partial charge in [0.1, 0.15) is 5.75 Å². The highest BCUT2D eigenvalue weighted by atomic mass is 16.5. The van der Waals surface area contributed by atoms with Crippen molar-refractivity contribution in [1.29, 1.82) is 0 Å². The zero-order valence-corrected chi connectivity index (χ0v) is 10.9. The standard InChI is InChI=1S/C14H19N3O/c1-17-14(10-12(16-17)6-4-8-15)11-5-3-7-13(9-11)18-2/h3,5,7,9-10H,4,6,8,15H2,1-2H3. The molecule has 0 unspecified atom stereocenters. The number of hydrogen-bond donors (Lipinski definition) is 1. The summed E-state index contributed by atoms with van der Waals surface area (Å²) in [5.41, 5.74) is 8.82. The molecule has 2 rings (SSSR count). The van der Waals surface area contributed by atoms with Crippen LogP contribution in [0.15, 0.2) is 30.3 Å². The number of nitrogens with zero attached hydrogens (tertiary/aromatic N) is 2. The monoisotopic (exact) mass is 245 g/mol. The molecular weight excluding hydrogens is 226 g/mol. The smallest absolute Gasteiger partial charge is 0.119 e. The van der Waals surface area contributed by atoms with Crippen molar-refractivity contribution in [2.75, 3.05) is 13.7 Å². The van der Waals surface area contributed by atoms with E-state index in [1.165, 1.54) is 0 Å². The van der Waals surface area contributed by atoms with Crippen molar-refractivity contribution in [3.63, 3.8) is 0 Å². The first-order chi connectivity index (χ1) is 8.74. The molecule has 1 aromatic heterocycles. The highest BCUT2D eigenvalue weighted by Crippen LogP contribution is 2.24. The van der Waals surface area contributed by atoms with Gasteiger partial charge >= 0.3 is 0 Å². The molecule has 1 heterocycles. The van der Waals surface area contributed by atoms with Gasteiger partial charge in [-0.2, -0.15) is 5.10 Å². The fraction of sp³-hybridized carbons (Fsp3) is 0.357. The van der Waals surface area contributed by atoms with Gasteiger partial charge in [0.2, 0.25) is 0 Å². The molecule has 0 saturated carbocycles. The topological polar surface area (TPSA) is 53.1 Å². The van der Waals surface area contributed by atoms with Crippen LogP contribution in [0.2, 0.25) is 0 Å². The molecule has 2 N–H and O–H groups in total. The van der Waals surface area contributed by atoms with E-state index in [-0.39, 0.29) is 0 Å². The number of aryl methyl sites for hydroxylation is 2. The number of nitrogens with two attached hydrogens (primary N) is 1. The van der Waals surface area contributed by atoms with Crippen molar-refractivity contribution in [1.82, 2.24) is 9.78 Å². The fourth-order valence-electron chi connectivity index (χ4n) is 1.98. The first kappa shape index (κ1) is 12.6. The zero-order valence-electron chi connectivity index (χ0n) is 10.9. The Bertz CT molecular complexity index is 520. The van der Waals surface area contributed by atoms with Crippen molar-refractivity contribution in [3.8, 4) is 17.0 Å². The third-order valence-corrected chi connectivity index (χ3v) is 2.93. The first-order valence-electron chi connectivity index (χ1n) is 6.12. The van der Waals surface area contributed by atoms with Gasteiger partial charge < -0.3 is 10.5 Å². The van der Waals surface area contributed by atoms with Crippen LogP contribution in [-0.4, -0.2) is 23.4 Å². The summed E-state index contributed by atoms with van der Waals surface area (Å²) < 4.78 is 7.15. The fourth-order valence-corrected chi connectivity index (χ4v) is 1.98. The summed E-state index contributed by atoms with van der Waals surface area (Å²) in [4.78, 5) is 0. The van der Waals surface area contributed by atoms with Crippen molar-refractivity contribution >= 4 is 0 Å². The van der Waals surface area contributed by atoms with Crippen LogP contribution >= 0.6 is 0 Å². The van der Waals surface area contributed by atoms with Crippen LogP contribution in [0.1, 0.15) is 12.1 Å². The Morgan fingerprint density at radius 3 is 2.89 bits per heavy atom. The quantitative estimate of drug-likeness (QED) is 0.876. The maximum atomic E-state index is 5.52. The Morgan fingerprint density at radius 2 is 2.17 bits per heavy atom. The summed E-state index contributed by atoms with van der Waals surface area (Å²) in [5.74, 6) is 0.859. The highest BCUT2D eigenvalue weighted by molar-refractivity contribution is 5.62. The van der Waals surface area contributed by atoms with Gasteiger partial charge in [-0.1, -0.05) is 12.1 Å². The maximum Gasteiger partial charge on any atom is 0.119 e. The van der Waals surface area contributed by atoms with E-state index in [9.17, 15) is 0 Å². The van der Waals surface area contributed by atoms with Crippen molar-refractivity contribution in [3.05, 3.63) is 36.0 Å². The summed E-state index contributed by atoms with van der Waals surface area (Å²) in [6.45, 7) is 0.699. The molecule has 2 aromatic rings. The van der Waals surface area contributed by atoms with Crippen LogP contribution in [-0.2, 0) is 13.5 Å². The molecule has 0 aliphatic rings. The summed E-state index contributed by atoms with van der Waals surface area (Å²) in [5, 5.41) is 4.50. The Morgan fingerprint density at radius 1 is 1.33 bits per heavy atom. The van der Waals surface area contributed by atoms with E-state index in [0.717, 1.165) is 35.5 Å². The normalized spacial score (nSPS) is 10.6. The molecule has 0 atom stereocenters. The van der Waals surface area contributed by atoms with Crippen LogP contribution in [0.25, 0.3) is 11.3 Å². The second-order valence-electron chi connectivity index (χ2n) is 4.27. The second-order valence-corrected chi connectivity index (χ2v) is 4.27. The molecule has 4 heteroatoms. The predicted molar refractivity (Wildman–Crippen MR) is 72.6 cm³/mol. The lowest BCUT2D eigenvalue weighted by Gasteiger charge is -2.04. The Balaban J connectivity index is 2.29. The van der Waals surface area contributed by atoms with Crippen LogP contribution in [0.4, 0.5) is 0 Å². The van der Waals surface area contributed by atoms with E-state index in [4.69, 9.17) is 10.5 Å². The predicted octanol–water partition coefficient (Wildman–Crippen LogP) is 1.99. The number of rotatable bonds is 5. The summed E-state index contributed by atoms with van der Waals surface area (Å²) in [7, 11) is 3.63. The molecule has 0 radical (unpaired) electrons. The van der Waals surface area contributed by atoms with Crippen molar-refractivity contribution in [2.24, 2.45) is 12.8 Å². The molecule has 0 spiro atoms. The van der Waals surface area contributed by atoms with E-state index < -0.39 is 0 Å². The molecule has 0 fully saturated rings. The number of methoxy groups -OCH3 is 1. The summed E-state index contributed by atoms with van der Waals surface area (Å²) in [6, 6.07) is 10.1. The number of benzene rings is 1. The molecule has 4 nitrogen and oxygen atoms in total. The van der Waals surface area contributed by atoms with Gasteiger partial charge in [0.05, 0.1) is 18.5 Å². The molecular formula is C14H19N3O. The minimum Gasteiger partial charge on any atom is -0.497 e. The van der Waals surface area contributed by atoms with Crippen LogP contribution < -0.4 is 10.5 Å². The molecule has 96 valence electrons. The molecule has 0 bridgehead atoms. The molecule has 0 saturated heterocycles. The Labute approximate surface area is 107 Å². The van der Waals surface area contributed by atoms with Gasteiger partial charge in [-0.05, 0) is 37.6 Å². The van der Waals surface area contributed by atoms with Crippen LogP contribution in [0.3, 0.4) is 0 Å². The van der Waals surface area contributed by atoms with E-state index in [1.54, 1.807) is 7.11 Å². The number of ether oxygens (including phenoxy) is 1. The van der Waals surface area contributed by atoms with E-state index in [2.05, 4.69) is 17.2 Å². The number of aromatic nitrogens is 2. The lowest BCUT2D eigenvalue weighted by Crippen LogP contribution is -2.01. The Hall–Kier alpha value is -1.81. The largest absolute Gasteiger partial charge is 0.497 e. The third kappa shape index (κ3) is 2.71. The van der Waals surface area contributed by atoms with E-state index in [0.29, 0.717) is 6.54 Å². The maximum absolute atomic E-state index is 5.52. The van der Waals surface area contributed by atoms with Crippen molar-refractivity contribution < 1.29 is 4.74 Å². The van der Waals surface area contributed by atoms with Gasteiger partial charge in [-0.25, -0.2) is 0 Å². The van der Waals surface area contributed by atoms with Gasteiger partial charge in [0.15, 0.2) is 0 Å². The minimum absolute atomic E-state index is 0.699. The lowest BCUT2D eigenvalue weighted by atomic mass is 10.1. The molecule has 0 aliphatic heterocycles. The van der Waals surface area contributed by atoms with Crippen LogP contribution in [0.5, 0.6) is 5.75 Å².